The summed E-state index contributed by atoms with van der Waals surface area (Å²) in [6, 6.07) is 0.895. The van der Waals surface area contributed by atoms with Crippen LogP contribution in [0.1, 0.15) is 51.9 Å². The molecular formula is C16H30N2. The summed E-state index contributed by atoms with van der Waals surface area (Å²) in [5, 5.41) is 3.87. The fourth-order valence-electron chi connectivity index (χ4n) is 3.49. The largest absolute Gasteiger partial charge is 0.313 e. The minimum absolute atomic E-state index is 0.895. The van der Waals surface area contributed by atoms with Crippen molar-refractivity contribution in [1.29, 1.82) is 0 Å². The molecule has 0 bridgehead atoms. The molecule has 0 unspecified atom stereocenters. The van der Waals surface area contributed by atoms with Crippen molar-refractivity contribution < 1.29 is 0 Å². The molecule has 3 fully saturated rings. The zero-order chi connectivity index (χ0) is 12.4. The van der Waals surface area contributed by atoms with Crippen LogP contribution >= 0.6 is 0 Å². The molecule has 2 heteroatoms. The van der Waals surface area contributed by atoms with Gasteiger partial charge in [-0.15, -0.1) is 0 Å². The summed E-state index contributed by atoms with van der Waals surface area (Å²) in [5.74, 6) is 3.06. The van der Waals surface area contributed by atoms with Crippen molar-refractivity contribution >= 4 is 0 Å². The third-order valence-electron chi connectivity index (χ3n) is 5.17. The molecular weight excluding hydrogens is 220 g/mol. The van der Waals surface area contributed by atoms with Gasteiger partial charge in [-0.1, -0.05) is 6.92 Å². The molecule has 2 nitrogen and oxygen atoms in total. The van der Waals surface area contributed by atoms with E-state index in [0.29, 0.717) is 0 Å². The van der Waals surface area contributed by atoms with Gasteiger partial charge in [-0.3, -0.25) is 0 Å². The first-order valence-corrected chi connectivity index (χ1v) is 8.28. The first-order chi connectivity index (χ1) is 8.83. The summed E-state index contributed by atoms with van der Waals surface area (Å²) in [6.45, 7) is 7.66. The van der Waals surface area contributed by atoms with Gasteiger partial charge in [0.25, 0.3) is 0 Å². The van der Waals surface area contributed by atoms with Gasteiger partial charge in [0, 0.05) is 6.04 Å². The van der Waals surface area contributed by atoms with Crippen molar-refractivity contribution in [3.05, 3.63) is 0 Å². The molecule has 0 spiro atoms. The van der Waals surface area contributed by atoms with E-state index in [2.05, 4.69) is 17.1 Å². The standard InChI is InChI=1S/C16H30N2/c1-13-7-11-18(12-8-13)10-2-9-17-16(14-3-4-14)15-5-6-15/h13-17H,2-12H2,1H3. The minimum Gasteiger partial charge on any atom is -0.313 e. The first kappa shape index (κ1) is 12.9. The Kier molecular flexibility index (Phi) is 4.25. The Morgan fingerprint density at radius 3 is 2.17 bits per heavy atom. The number of nitrogens with zero attached hydrogens (tertiary/aromatic N) is 1. The highest BCUT2D eigenvalue weighted by Gasteiger charge is 2.40. The predicted octanol–water partition coefficient (Wildman–Crippen LogP) is 2.89. The SMILES string of the molecule is CC1CCN(CCCNC(C2CC2)C2CC2)CC1. The normalized spacial score (nSPS) is 27.0. The van der Waals surface area contributed by atoms with E-state index in [0.717, 1.165) is 23.8 Å². The van der Waals surface area contributed by atoms with E-state index in [1.807, 2.05) is 0 Å². The molecule has 2 saturated carbocycles. The number of rotatable bonds is 7. The van der Waals surface area contributed by atoms with E-state index in [-0.39, 0.29) is 0 Å². The van der Waals surface area contributed by atoms with Crippen molar-refractivity contribution in [1.82, 2.24) is 10.2 Å². The third kappa shape index (κ3) is 3.71. The van der Waals surface area contributed by atoms with Crippen LogP contribution in [0.5, 0.6) is 0 Å². The zero-order valence-corrected chi connectivity index (χ0v) is 12.0. The van der Waals surface area contributed by atoms with Crippen molar-refractivity contribution in [2.24, 2.45) is 17.8 Å². The molecule has 0 aromatic heterocycles. The number of nitrogens with one attached hydrogen (secondary N) is 1. The third-order valence-corrected chi connectivity index (χ3v) is 5.17. The molecule has 0 radical (unpaired) electrons. The van der Waals surface area contributed by atoms with E-state index in [1.165, 1.54) is 71.1 Å². The van der Waals surface area contributed by atoms with Crippen molar-refractivity contribution in [3.8, 4) is 0 Å². The maximum atomic E-state index is 3.87. The predicted molar refractivity (Wildman–Crippen MR) is 76.7 cm³/mol. The van der Waals surface area contributed by atoms with Crippen LogP contribution in [0.4, 0.5) is 0 Å². The van der Waals surface area contributed by atoms with Gasteiger partial charge in [0.15, 0.2) is 0 Å². The van der Waals surface area contributed by atoms with Crippen molar-refractivity contribution in [2.75, 3.05) is 26.2 Å². The molecule has 1 heterocycles. The highest BCUT2D eigenvalue weighted by molar-refractivity contribution is 4.96. The number of piperidine rings is 1. The topological polar surface area (TPSA) is 15.3 Å². The van der Waals surface area contributed by atoms with Gasteiger partial charge in [-0.2, -0.15) is 0 Å². The summed E-state index contributed by atoms with van der Waals surface area (Å²) >= 11 is 0. The molecule has 3 aliphatic rings. The summed E-state index contributed by atoms with van der Waals surface area (Å²) < 4.78 is 0. The summed E-state index contributed by atoms with van der Waals surface area (Å²) in [4.78, 5) is 2.67. The van der Waals surface area contributed by atoms with Crippen molar-refractivity contribution in [2.45, 2.75) is 57.9 Å². The van der Waals surface area contributed by atoms with E-state index in [1.54, 1.807) is 0 Å². The van der Waals surface area contributed by atoms with Crippen LogP contribution in [-0.4, -0.2) is 37.1 Å². The van der Waals surface area contributed by atoms with E-state index >= 15 is 0 Å². The second-order valence-corrected chi connectivity index (χ2v) is 7.03. The Morgan fingerprint density at radius 2 is 1.61 bits per heavy atom. The number of hydrogen-bond donors (Lipinski definition) is 1. The van der Waals surface area contributed by atoms with Crippen LogP contribution in [0, 0.1) is 17.8 Å². The quantitative estimate of drug-likeness (QED) is 0.699. The van der Waals surface area contributed by atoms with E-state index < -0.39 is 0 Å². The average molecular weight is 250 g/mol. The molecule has 1 N–H and O–H groups in total. The maximum Gasteiger partial charge on any atom is 0.0124 e. The van der Waals surface area contributed by atoms with Crippen LogP contribution in [0.3, 0.4) is 0 Å². The second kappa shape index (κ2) is 5.92. The van der Waals surface area contributed by atoms with Gasteiger partial charge in [0.05, 0.1) is 0 Å². The van der Waals surface area contributed by atoms with E-state index in [9.17, 15) is 0 Å². The van der Waals surface area contributed by atoms with Gasteiger partial charge in [-0.25, -0.2) is 0 Å². The molecule has 0 aromatic rings. The smallest absolute Gasteiger partial charge is 0.0124 e. The fraction of sp³-hybridized carbons (Fsp3) is 1.00. The molecule has 18 heavy (non-hydrogen) atoms. The molecule has 0 atom stereocenters. The Morgan fingerprint density at radius 1 is 1.00 bits per heavy atom. The first-order valence-electron chi connectivity index (χ1n) is 8.28. The summed E-state index contributed by atoms with van der Waals surface area (Å²) in [6.07, 6.45) is 10.2. The lowest BCUT2D eigenvalue weighted by Gasteiger charge is -2.30. The Balaban J connectivity index is 1.27. The van der Waals surface area contributed by atoms with Crippen LogP contribution in [-0.2, 0) is 0 Å². The Bertz CT molecular complexity index is 238. The van der Waals surface area contributed by atoms with Crippen LogP contribution in [0.25, 0.3) is 0 Å². The van der Waals surface area contributed by atoms with Crippen LogP contribution < -0.4 is 5.32 Å². The number of hydrogen-bond acceptors (Lipinski definition) is 2. The summed E-state index contributed by atoms with van der Waals surface area (Å²) in [5.41, 5.74) is 0. The van der Waals surface area contributed by atoms with Crippen molar-refractivity contribution in [3.63, 3.8) is 0 Å². The van der Waals surface area contributed by atoms with Crippen LogP contribution in [0.15, 0.2) is 0 Å². The summed E-state index contributed by atoms with van der Waals surface area (Å²) in [7, 11) is 0. The number of likely N-dealkylation sites (tertiary alicyclic amines) is 1. The van der Waals surface area contributed by atoms with Gasteiger partial charge in [0.2, 0.25) is 0 Å². The molecule has 0 amide bonds. The fourth-order valence-corrected chi connectivity index (χ4v) is 3.49. The lowest BCUT2D eigenvalue weighted by Crippen LogP contribution is -2.37. The zero-order valence-electron chi connectivity index (χ0n) is 12.0. The Labute approximate surface area is 113 Å². The molecule has 1 aliphatic heterocycles. The second-order valence-electron chi connectivity index (χ2n) is 7.03. The molecule has 1 saturated heterocycles. The Hall–Kier alpha value is -0.0800. The lowest BCUT2D eigenvalue weighted by molar-refractivity contribution is 0.189. The molecule has 2 aliphatic carbocycles. The van der Waals surface area contributed by atoms with Gasteiger partial charge < -0.3 is 10.2 Å². The molecule has 104 valence electrons. The van der Waals surface area contributed by atoms with Gasteiger partial charge in [-0.05, 0) is 88.9 Å². The van der Waals surface area contributed by atoms with E-state index in [4.69, 9.17) is 0 Å². The minimum atomic E-state index is 0.895. The van der Waals surface area contributed by atoms with Gasteiger partial charge >= 0.3 is 0 Å². The highest BCUT2D eigenvalue weighted by atomic mass is 15.1. The monoisotopic (exact) mass is 250 g/mol. The molecule has 0 aromatic carbocycles. The highest BCUT2D eigenvalue weighted by Crippen LogP contribution is 2.44. The average Bonchev–Trinajstić information content (AvgIpc) is 3.25. The molecule has 3 rings (SSSR count). The van der Waals surface area contributed by atoms with Crippen LogP contribution in [0.2, 0.25) is 0 Å². The van der Waals surface area contributed by atoms with Gasteiger partial charge in [0.1, 0.15) is 0 Å². The lowest BCUT2D eigenvalue weighted by atomic mass is 9.99. The maximum absolute atomic E-state index is 3.87.